The van der Waals surface area contributed by atoms with E-state index < -0.39 is 30.7 Å². The van der Waals surface area contributed by atoms with Crippen molar-refractivity contribution in [3.05, 3.63) is 0 Å². The molecule has 0 radical (unpaired) electrons. The lowest BCUT2D eigenvalue weighted by Crippen LogP contribution is -2.26. The first kappa shape index (κ1) is 19.7. The van der Waals surface area contributed by atoms with E-state index in [2.05, 4.69) is 11.8 Å². The van der Waals surface area contributed by atoms with Crippen molar-refractivity contribution in [2.24, 2.45) is 0 Å². The molecular formula is C16H26O6S2. The highest BCUT2D eigenvalue weighted by Gasteiger charge is 2.28. The van der Waals surface area contributed by atoms with Gasteiger partial charge in [0.05, 0.1) is 10.5 Å². The second kappa shape index (κ2) is 9.18. The Hall–Kier alpha value is -0.620. The van der Waals surface area contributed by atoms with Crippen molar-refractivity contribution < 1.29 is 25.2 Å². The van der Waals surface area contributed by atoms with Gasteiger partial charge in [0.25, 0.3) is 20.2 Å². The molecule has 24 heavy (non-hydrogen) atoms. The largest absolute Gasteiger partial charge is 0.271 e. The number of rotatable bonds is 6. The predicted molar refractivity (Wildman–Crippen MR) is 91.3 cm³/mol. The van der Waals surface area contributed by atoms with Crippen LogP contribution < -0.4 is 0 Å². The number of hydrogen-bond donors (Lipinski definition) is 0. The van der Waals surface area contributed by atoms with Crippen molar-refractivity contribution >= 4 is 20.2 Å². The molecule has 0 aromatic carbocycles. The summed E-state index contributed by atoms with van der Waals surface area (Å²) in [5.74, 6) is 5.03. The van der Waals surface area contributed by atoms with Crippen molar-refractivity contribution in [2.75, 3.05) is 13.2 Å². The molecule has 0 N–H and O–H groups in total. The van der Waals surface area contributed by atoms with Crippen molar-refractivity contribution in [3.8, 4) is 11.8 Å². The average molecular weight is 379 g/mol. The Morgan fingerprint density at radius 2 is 0.958 bits per heavy atom. The Kier molecular flexibility index (Phi) is 7.54. The molecule has 138 valence electrons. The van der Waals surface area contributed by atoms with Gasteiger partial charge in [-0.2, -0.15) is 16.8 Å². The van der Waals surface area contributed by atoms with E-state index in [1.165, 1.54) is 0 Å². The highest BCUT2D eigenvalue weighted by atomic mass is 32.2. The van der Waals surface area contributed by atoms with Crippen molar-refractivity contribution in [2.45, 2.75) is 74.7 Å². The normalized spacial score (nSPS) is 21.2. The van der Waals surface area contributed by atoms with Crippen LogP contribution in [0.25, 0.3) is 0 Å². The fraction of sp³-hybridized carbons (Fsp3) is 0.875. The maximum Gasteiger partial charge on any atom is 0.271 e. The first-order valence-electron chi connectivity index (χ1n) is 8.64. The lowest BCUT2D eigenvalue weighted by atomic mass is 10.0. The van der Waals surface area contributed by atoms with E-state index in [0.29, 0.717) is 25.7 Å². The fourth-order valence-corrected chi connectivity index (χ4v) is 5.88. The standard InChI is InChI=1S/C16H26O6S2/c17-23(18,15-9-3-1-4-10-15)21-13-7-8-14-22-24(19,20)16-11-5-2-6-12-16/h15-16H,1-6,9-14H2. The van der Waals surface area contributed by atoms with Gasteiger partial charge in [-0.1, -0.05) is 50.4 Å². The zero-order chi connectivity index (χ0) is 17.5. The van der Waals surface area contributed by atoms with Gasteiger partial charge in [0.2, 0.25) is 0 Å². The molecule has 0 saturated heterocycles. The number of hydrogen-bond acceptors (Lipinski definition) is 6. The first-order chi connectivity index (χ1) is 11.4. The molecule has 0 atom stereocenters. The Labute approximate surface area is 145 Å². The molecule has 2 fully saturated rings. The minimum atomic E-state index is -3.58. The van der Waals surface area contributed by atoms with Crippen LogP contribution in [0.4, 0.5) is 0 Å². The van der Waals surface area contributed by atoms with Crippen LogP contribution in [0.1, 0.15) is 64.2 Å². The molecular weight excluding hydrogens is 352 g/mol. The molecule has 2 saturated carbocycles. The monoisotopic (exact) mass is 378 g/mol. The molecule has 0 amide bonds. The lowest BCUT2D eigenvalue weighted by Gasteiger charge is -2.20. The summed E-state index contributed by atoms with van der Waals surface area (Å²) in [5, 5.41) is -0.869. The van der Waals surface area contributed by atoms with Gasteiger partial charge in [-0.3, -0.25) is 8.37 Å². The van der Waals surface area contributed by atoms with E-state index >= 15 is 0 Å². The van der Waals surface area contributed by atoms with Crippen LogP contribution in [-0.4, -0.2) is 40.5 Å². The van der Waals surface area contributed by atoms with Gasteiger partial charge in [0.1, 0.15) is 13.2 Å². The third-order valence-corrected chi connectivity index (χ3v) is 8.11. The third kappa shape index (κ3) is 6.03. The maximum absolute atomic E-state index is 12.0. The van der Waals surface area contributed by atoms with Crippen LogP contribution in [0.3, 0.4) is 0 Å². The van der Waals surface area contributed by atoms with Crippen molar-refractivity contribution in [1.29, 1.82) is 0 Å². The van der Waals surface area contributed by atoms with Gasteiger partial charge in [-0.05, 0) is 25.7 Å². The van der Waals surface area contributed by atoms with Gasteiger partial charge in [0, 0.05) is 0 Å². The minimum absolute atomic E-state index is 0.258. The second-order valence-electron chi connectivity index (χ2n) is 6.38. The highest BCUT2D eigenvalue weighted by Crippen LogP contribution is 2.25. The van der Waals surface area contributed by atoms with Gasteiger partial charge < -0.3 is 0 Å². The summed E-state index contributed by atoms with van der Waals surface area (Å²) in [6.07, 6.45) is 8.32. The molecule has 0 aromatic heterocycles. The quantitative estimate of drug-likeness (QED) is 0.521. The van der Waals surface area contributed by atoms with E-state index in [1.54, 1.807) is 0 Å². The van der Waals surface area contributed by atoms with Crippen LogP contribution >= 0.6 is 0 Å². The summed E-state index contributed by atoms with van der Waals surface area (Å²) >= 11 is 0. The topological polar surface area (TPSA) is 86.7 Å². The highest BCUT2D eigenvalue weighted by molar-refractivity contribution is 7.87. The van der Waals surface area contributed by atoms with E-state index in [0.717, 1.165) is 38.5 Å². The average Bonchev–Trinajstić information content (AvgIpc) is 2.59. The molecule has 0 heterocycles. The first-order valence-corrected chi connectivity index (χ1v) is 11.6. The zero-order valence-electron chi connectivity index (χ0n) is 13.9. The molecule has 2 rings (SSSR count). The van der Waals surface area contributed by atoms with Crippen molar-refractivity contribution in [3.63, 3.8) is 0 Å². The van der Waals surface area contributed by atoms with E-state index in [9.17, 15) is 16.8 Å². The maximum atomic E-state index is 12.0. The van der Waals surface area contributed by atoms with E-state index in [1.807, 2.05) is 0 Å². The molecule has 0 spiro atoms. The molecule has 6 nitrogen and oxygen atoms in total. The fourth-order valence-electron chi connectivity index (χ4n) is 3.23. The Bertz CT molecular complexity index is 588. The predicted octanol–water partition coefficient (Wildman–Crippen LogP) is 2.35. The van der Waals surface area contributed by atoms with Crippen molar-refractivity contribution in [1.82, 2.24) is 0 Å². The molecule has 8 heteroatoms. The summed E-state index contributed by atoms with van der Waals surface area (Å²) in [7, 11) is -7.16. The Balaban J connectivity index is 1.71. The Morgan fingerprint density at radius 1 is 0.625 bits per heavy atom. The molecule has 2 aliphatic carbocycles. The Morgan fingerprint density at radius 3 is 1.29 bits per heavy atom. The van der Waals surface area contributed by atoms with E-state index in [4.69, 9.17) is 8.37 Å². The zero-order valence-corrected chi connectivity index (χ0v) is 15.5. The molecule has 2 aliphatic rings. The molecule has 0 aromatic rings. The van der Waals surface area contributed by atoms with Gasteiger partial charge in [0.15, 0.2) is 0 Å². The third-order valence-electron chi connectivity index (χ3n) is 4.64. The second-order valence-corrected chi connectivity index (χ2v) is 10.2. The summed E-state index contributed by atoms with van der Waals surface area (Å²) in [6, 6.07) is 0. The van der Waals surface area contributed by atoms with Crippen LogP contribution in [0, 0.1) is 11.8 Å². The van der Waals surface area contributed by atoms with Crippen LogP contribution in [0.15, 0.2) is 0 Å². The van der Waals surface area contributed by atoms with E-state index in [-0.39, 0.29) is 13.2 Å². The summed E-state index contributed by atoms with van der Waals surface area (Å²) < 4.78 is 57.7. The van der Waals surface area contributed by atoms with Gasteiger partial charge in [-0.25, -0.2) is 0 Å². The molecule has 0 aliphatic heterocycles. The summed E-state index contributed by atoms with van der Waals surface area (Å²) in [4.78, 5) is 0. The smallest absolute Gasteiger partial charge is 0.257 e. The molecule has 0 bridgehead atoms. The SMILES string of the molecule is O=S(=O)(OCC#CCOS(=O)(=O)C1CCCCC1)C1CCCCC1. The van der Waals surface area contributed by atoms with Crippen LogP contribution in [-0.2, 0) is 28.6 Å². The van der Waals surface area contributed by atoms with Crippen LogP contribution in [0.2, 0.25) is 0 Å². The minimum Gasteiger partial charge on any atom is -0.257 e. The molecule has 0 unspecified atom stereocenters. The summed E-state index contributed by atoms with van der Waals surface area (Å²) in [5.41, 5.74) is 0. The van der Waals surface area contributed by atoms with Gasteiger partial charge in [-0.15, -0.1) is 0 Å². The van der Waals surface area contributed by atoms with Gasteiger partial charge >= 0.3 is 0 Å². The lowest BCUT2D eigenvalue weighted by molar-refractivity contribution is 0.335. The summed E-state index contributed by atoms with van der Waals surface area (Å²) in [6.45, 7) is -0.517. The van der Waals surface area contributed by atoms with Crippen LogP contribution in [0.5, 0.6) is 0 Å².